The summed E-state index contributed by atoms with van der Waals surface area (Å²) in [4.78, 5) is 22.8. The van der Waals surface area contributed by atoms with Crippen molar-refractivity contribution in [2.24, 2.45) is 17.8 Å². The van der Waals surface area contributed by atoms with Crippen molar-refractivity contribution >= 4 is 22.7 Å². The molecule has 0 spiro atoms. The van der Waals surface area contributed by atoms with E-state index in [-0.39, 0.29) is 17.9 Å². The van der Waals surface area contributed by atoms with Crippen LogP contribution in [0.15, 0.2) is 42.5 Å². The molecule has 5 heteroatoms. The van der Waals surface area contributed by atoms with Gasteiger partial charge in [-0.25, -0.2) is 4.79 Å². The normalized spacial score (nSPS) is 12.8. The summed E-state index contributed by atoms with van der Waals surface area (Å²) in [5.74, 6) is 0.663. The highest BCUT2D eigenvalue weighted by Crippen LogP contribution is 2.16. The second-order valence-electron chi connectivity index (χ2n) is 8.85. The van der Waals surface area contributed by atoms with Crippen LogP contribution in [-0.2, 0) is 14.3 Å². The van der Waals surface area contributed by atoms with Gasteiger partial charge in [0.1, 0.15) is 0 Å². The number of hydrogen-bond donors (Lipinski definition) is 1. The molecule has 0 aromatic heterocycles. The van der Waals surface area contributed by atoms with E-state index in [0.717, 1.165) is 36.5 Å². The van der Waals surface area contributed by atoms with Gasteiger partial charge >= 0.3 is 11.9 Å². The highest BCUT2D eigenvalue weighted by atomic mass is 16.5. The van der Waals surface area contributed by atoms with Crippen molar-refractivity contribution in [3.63, 3.8) is 0 Å². The predicted octanol–water partition coefficient (Wildman–Crippen LogP) is 7.05. The monoisotopic (exact) mass is 474 g/mol. The number of hydrogen-bond acceptors (Lipinski definition) is 5. The fraction of sp³-hybridized carbons (Fsp3) is 0.586. The Balaban J connectivity index is 0.000000575. The van der Waals surface area contributed by atoms with Crippen molar-refractivity contribution in [1.29, 1.82) is 0 Å². The molecule has 3 unspecified atom stereocenters. The third-order valence-corrected chi connectivity index (χ3v) is 5.65. The molecular formula is C29H46O5. The molecule has 34 heavy (non-hydrogen) atoms. The number of aliphatic hydroxyl groups is 1. The van der Waals surface area contributed by atoms with Crippen LogP contribution in [0.3, 0.4) is 0 Å². The predicted molar refractivity (Wildman–Crippen MR) is 141 cm³/mol. The average Bonchev–Trinajstić information content (AvgIpc) is 2.89. The highest BCUT2D eigenvalue weighted by molar-refractivity contribution is 5.95. The number of ether oxygens (including phenoxy) is 2. The zero-order chi connectivity index (χ0) is 25.9. The highest BCUT2D eigenvalue weighted by Gasteiger charge is 2.10. The van der Waals surface area contributed by atoms with E-state index < -0.39 is 0 Å². The lowest BCUT2D eigenvalue weighted by molar-refractivity contribution is -0.148. The summed E-state index contributed by atoms with van der Waals surface area (Å²) in [6.07, 6.45) is 3.87. The number of benzene rings is 2. The van der Waals surface area contributed by atoms with Crippen LogP contribution in [0.25, 0.3) is 10.8 Å². The van der Waals surface area contributed by atoms with Crippen molar-refractivity contribution in [3.8, 4) is 0 Å². The lowest BCUT2D eigenvalue weighted by Crippen LogP contribution is -2.14. The summed E-state index contributed by atoms with van der Waals surface area (Å²) < 4.78 is 10.2. The quantitative estimate of drug-likeness (QED) is 0.373. The minimum Gasteiger partial charge on any atom is -0.465 e. The number of esters is 2. The molecule has 0 aliphatic heterocycles. The average molecular weight is 475 g/mol. The standard InChI is InChI=1S/C16H18O2.C8H16O2.C5H12O/c1-3-12(2)11-18-16(17)15-9-8-13-6-4-5-7-14(13)10-15;1-4-6-10-8(9)7(3)5-2;1-3-5(2)4-6/h4-10,12H,3,11H2,1-2H3;7H,4-6H2,1-3H3;5-6H,3-4H2,1-2H3. The van der Waals surface area contributed by atoms with E-state index >= 15 is 0 Å². The van der Waals surface area contributed by atoms with Gasteiger partial charge in [-0.05, 0) is 47.6 Å². The molecule has 0 amide bonds. The van der Waals surface area contributed by atoms with E-state index in [1.807, 2.05) is 70.2 Å². The molecule has 0 fully saturated rings. The molecule has 0 aliphatic carbocycles. The van der Waals surface area contributed by atoms with Crippen molar-refractivity contribution in [2.45, 2.75) is 74.1 Å². The Hall–Kier alpha value is -2.40. The fourth-order valence-electron chi connectivity index (χ4n) is 2.38. The molecule has 0 radical (unpaired) electrons. The van der Waals surface area contributed by atoms with Gasteiger partial charge in [0.15, 0.2) is 0 Å². The zero-order valence-corrected chi connectivity index (χ0v) is 22.3. The summed E-state index contributed by atoms with van der Waals surface area (Å²) in [5.41, 5.74) is 0.622. The molecule has 3 atom stereocenters. The molecule has 0 bridgehead atoms. The Bertz CT molecular complexity index is 813. The third kappa shape index (κ3) is 13.3. The lowest BCUT2D eigenvalue weighted by atomic mass is 10.1. The minimum absolute atomic E-state index is 0.0616. The number of rotatable bonds is 10. The molecule has 1 N–H and O–H groups in total. The first-order chi connectivity index (χ1) is 16.2. The number of aliphatic hydroxyl groups excluding tert-OH is 1. The van der Waals surface area contributed by atoms with Crippen molar-refractivity contribution in [1.82, 2.24) is 0 Å². The number of fused-ring (bicyclic) bond motifs is 1. The Morgan fingerprint density at radius 3 is 1.94 bits per heavy atom. The van der Waals surface area contributed by atoms with E-state index in [0.29, 0.717) is 37.2 Å². The minimum atomic E-state index is -0.235. The summed E-state index contributed by atoms with van der Waals surface area (Å²) in [5, 5.41) is 10.5. The number of carbonyl (C=O) groups excluding carboxylic acids is 2. The van der Waals surface area contributed by atoms with Gasteiger partial charge in [0, 0.05) is 6.61 Å². The first-order valence-electron chi connectivity index (χ1n) is 12.7. The third-order valence-electron chi connectivity index (χ3n) is 5.65. The van der Waals surface area contributed by atoms with Gasteiger partial charge < -0.3 is 14.6 Å². The Morgan fingerprint density at radius 2 is 1.44 bits per heavy atom. The first-order valence-corrected chi connectivity index (χ1v) is 12.7. The van der Waals surface area contributed by atoms with Crippen LogP contribution in [-0.4, -0.2) is 36.9 Å². The smallest absolute Gasteiger partial charge is 0.338 e. The lowest BCUT2D eigenvalue weighted by Gasteiger charge is -2.09. The molecule has 2 rings (SSSR count). The van der Waals surface area contributed by atoms with Crippen LogP contribution >= 0.6 is 0 Å². The molecule has 5 nitrogen and oxygen atoms in total. The van der Waals surface area contributed by atoms with E-state index in [2.05, 4.69) is 20.8 Å². The summed E-state index contributed by atoms with van der Waals surface area (Å²) in [7, 11) is 0. The fourth-order valence-corrected chi connectivity index (χ4v) is 2.38. The van der Waals surface area contributed by atoms with E-state index in [9.17, 15) is 9.59 Å². The molecule has 0 aliphatic rings. The van der Waals surface area contributed by atoms with Gasteiger partial charge in [-0.15, -0.1) is 0 Å². The topological polar surface area (TPSA) is 72.8 Å². The maximum Gasteiger partial charge on any atom is 0.338 e. The largest absolute Gasteiger partial charge is 0.465 e. The Kier molecular flexibility index (Phi) is 17.6. The summed E-state index contributed by atoms with van der Waals surface area (Å²) in [6, 6.07) is 13.6. The number of carbonyl (C=O) groups is 2. The maximum atomic E-state index is 11.9. The van der Waals surface area contributed by atoms with Crippen LogP contribution in [0.1, 0.15) is 84.5 Å². The molecule has 2 aromatic carbocycles. The van der Waals surface area contributed by atoms with Crippen molar-refractivity contribution < 1.29 is 24.2 Å². The molecule has 2 aromatic rings. The zero-order valence-electron chi connectivity index (χ0n) is 22.3. The van der Waals surface area contributed by atoms with Gasteiger partial charge in [-0.2, -0.15) is 0 Å². The van der Waals surface area contributed by atoms with E-state index in [1.54, 1.807) is 0 Å². The van der Waals surface area contributed by atoms with Crippen LogP contribution in [0, 0.1) is 17.8 Å². The SMILES string of the molecule is CCC(C)CO.CCC(C)COC(=O)c1ccc2ccccc2c1.CCCOC(=O)C(C)CC. The van der Waals surface area contributed by atoms with Crippen molar-refractivity contribution in [3.05, 3.63) is 48.0 Å². The van der Waals surface area contributed by atoms with Gasteiger partial charge in [0.2, 0.25) is 0 Å². The second kappa shape index (κ2) is 19.0. The van der Waals surface area contributed by atoms with Crippen LogP contribution in [0.4, 0.5) is 0 Å². The molecule has 0 saturated carbocycles. The molecule has 0 saturated heterocycles. The summed E-state index contributed by atoms with van der Waals surface area (Å²) >= 11 is 0. The molecular weight excluding hydrogens is 428 g/mol. The summed E-state index contributed by atoms with van der Waals surface area (Å²) in [6.45, 7) is 15.5. The molecule has 0 heterocycles. The van der Waals surface area contributed by atoms with Crippen LogP contribution in [0.2, 0.25) is 0 Å². The van der Waals surface area contributed by atoms with Gasteiger partial charge in [0.25, 0.3) is 0 Å². The van der Waals surface area contributed by atoms with Gasteiger partial charge in [-0.1, -0.05) is 91.6 Å². The van der Waals surface area contributed by atoms with Crippen LogP contribution < -0.4 is 0 Å². The first kappa shape index (κ1) is 31.6. The van der Waals surface area contributed by atoms with Gasteiger partial charge in [-0.3, -0.25) is 4.79 Å². The van der Waals surface area contributed by atoms with E-state index in [1.165, 1.54) is 0 Å². The maximum absolute atomic E-state index is 11.9. The van der Waals surface area contributed by atoms with Crippen LogP contribution in [0.5, 0.6) is 0 Å². The van der Waals surface area contributed by atoms with Gasteiger partial charge in [0.05, 0.1) is 24.7 Å². The van der Waals surface area contributed by atoms with E-state index in [4.69, 9.17) is 14.6 Å². The second-order valence-corrected chi connectivity index (χ2v) is 8.85. The Morgan fingerprint density at radius 1 is 0.824 bits per heavy atom. The van der Waals surface area contributed by atoms with Crippen molar-refractivity contribution in [2.75, 3.05) is 19.8 Å². The Labute approximate surface area is 206 Å². The molecule has 192 valence electrons.